The molecule has 1 aromatic rings. The molecule has 17 heavy (non-hydrogen) atoms. The summed E-state index contributed by atoms with van der Waals surface area (Å²) in [6.45, 7) is 0.374. The number of aromatic nitrogens is 2. The summed E-state index contributed by atoms with van der Waals surface area (Å²) >= 11 is 1.19. The molecule has 0 spiro atoms. The van der Waals surface area contributed by atoms with Crippen molar-refractivity contribution in [2.75, 3.05) is 12.4 Å². The minimum Gasteiger partial charge on any atom is -0.377 e. The Labute approximate surface area is 104 Å². The number of methoxy groups -OCH3 is 1. The molecule has 92 valence electrons. The maximum atomic E-state index is 11.9. The van der Waals surface area contributed by atoms with Crippen LogP contribution in [0.15, 0.2) is 12.2 Å². The van der Waals surface area contributed by atoms with Gasteiger partial charge in [-0.1, -0.05) is 12.2 Å². The Kier molecular flexibility index (Phi) is 4.22. The van der Waals surface area contributed by atoms with E-state index in [4.69, 9.17) is 4.74 Å². The van der Waals surface area contributed by atoms with E-state index in [0.717, 1.165) is 19.3 Å². The number of nitrogens with one attached hydrogen (secondary N) is 1. The monoisotopic (exact) mass is 253 g/mol. The highest BCUT2D eigenvalue weighted by molar-refractivity contribution is 7.09. The standard InChI is InChI=1S/C11H15N3O2S/c1-16-7-9-12-11(17-14-9)13-10(15)8-5-3-2-4-6-8/h2-3,8H,4-7H2,1H3,(H,12,13,14,15)/t8-/m0/s1. The van der Waals surface area contributed by atoms with Crippen molar-refractivity contribution in [1.82, 2.24) is 9.36 Å². The molecule has 2 rings (SSSR count). The smallest absolute Gasteiger partial charge is 0.229 e. The number of carbonyl (C=O) groups is 1. The van der Waals surface area contributed by atoms with Crippen molar-refractivity contribution in [3.63, 3.8) is 0 Å². The fourth-order valence-electron chi connectivity index (χ4n) is 1.73. The quantitative estimate of drug-likeness (QED) is 0.833. The van der Waals surface area contributed by atoms with Crippen LogP contribution in [-0.2, 0) is 16.1 Å². The van der Waals surface area contributed by atoms with Crippen molar-refractivity contribution in [3.05, 3.63) is 18.0 Å². The van der Waals surface area contributed by atoms with Gasteiger partial charge in [-0.2, -0.15) is 4.37 Å². The molecule has 0 aliphatic heterocycles. The van der Waals surface area contributed by atoms with Crippen molar-refractivity contribution in [2.24, 2.45) is 5.92 Å². The van der Waals surface area contributed by atoms with Gasteiger partial charge in [0.25, 0.3) is 0 Å². The average Bonchev–Trinajstić information content (AvgIpc) is 2.78. The third kappa shape index (κ3) is 3.34. The van der Waals surface area contributed by atoms with Gasteiger partial charge in [0.05, 0.1) is 0 Å². The summed E-state index contributed by atoms with van der Waals surface area (Å²) in [7, 11) is 1.59. The first-order valence-electron chi connectivity index (χ1n) is 5.57. The van der Waals surface area contributed by atoms with Gasteiger partial charge < -0.3 is 10.1 Å². The van der Waals surface area contributed by atoms with Crippen LogP contribution in [0.3, 0.4) is 0 Å². The number of allylic oxidation sites excluding steroid dienone is 2. The van der Waals surface area contributed by atoms with E-state index in [1.807, 2.05) is 0 Å². The predicted octanol–water partition coefficient (Wildman–Crippen LogP) is 1.98. The van der Waals surface area contributed by atoms with Gasteiger partial charge in [0.15, 0.2) is 5.82 Å². The lowest BCUT2D eigenvalue weighted by atomic mass is 9.94. The highest BCUT2D eigenvalue weighted by Crippen LogP contribution is 2.20. The van der Waals surface area contributed by atoms with Gasteiger partial charge in [-0.3, -0.25) is 4.79 Å². The molecule has 0 saturated carbocycles. The van der Waals surface area contributed by atoms with Gasteiger partial charge in [-0.25, -0.2) is 4.98 Å². The molecule has 0 saturated heterocycles. The average molecular weight is 253 g/mol. The first kappa shape index (κ1) is 12.2. The predicted molar refractivity (Wildman–Crippen MR) is 65.7 cm³/mol. The fourth-order valence-corrected chi connectivity index (χ4v) is 2.31. The lowest BCUT2D eigenvalue weighted by molar-refractivity contribution is -0.120. The maximum absolute atomic E-state index is 11.9. The zero-order valence-corrected chi connectivity index (χ0v) is 10.5. The molecule has 5 nitrogen and oxygen atoms in total. The van der Waals surface area contributed by atoms with Crippen molar-refractivity contribution < 1.29 is 9.53 Å². The van der Waals surface area contributed by atoms with Gasteiger partial charge >= 0.3 is 0 Å². The first-order chi connectivity index (χ1) is 8.29. The van der Waals surface area contributed by atoms with Crippen LogP contribution in [0.5, 0.6) is 0 Å². The van der Waals surface area contributed by atoms with Crippen LogP contribution in [0.25, 0.3) is 0 Å². The van der Waals surface area contributed by atoms with E-state index in [0.29, 0.717) is 17.6 Å². The van der Waals surface area contributed by atoms with Gasteiger partial charge in [-0.05, 0) is 19.3 Å². The molecule has 0 unspecified atom stereocenters. The van der Waals surface area contributed by atoms with Crippen molar-refractivity contribution in [3.8, 4) is 0 Å². The molecule has 1 atom stereocenters. The number of anilines is 1. The summed E-state index contributed by atoms with van der Waals surface area (Å²) in [4.78, 5) is 16.1. The minimum atomic E-state index is 0.0365. The van der Waals surface area contributed by atoms with E-state index in [1.165, 1.54) is 11.5 Å². The third-order valence-electron chi connectivity index (χ3n) is 2.61. The van der Waals surface area contributed by atoms with E-state index >= 15 is 0 Å². The molecule has 0 radical (unpaired) electrons. The Morgan fingerprint density at radius 3 is 3.24 bits per heavy atom. The summed E-state index contributed by atoms with van der Waals surface area (Å²) < 4.78 is 9.00. The number of amides is 1. The molecule has 1 amide bonds. The molecule has 0 aromatic carbocycles. The highest BCUT2D eigenvalue weighted by atomic mass is 32.1. The number of carbonyl (C=O) groups excluding carboxylic acids is 1. The van der Waals surface area contributed by atoms with Gasteiger partial charge in [-0.15, -0.1) is 0 Å². The highest BCUT2D eigenvalue weighted by Gasteiger charge is 2.19. The van der Waals surface area contributed by atoms with Crippen molar-refractivity contribution in [1.29, 1.82) is 0 Å². The number of hydrogen-bond donors (Lipinski definition) is 1. The number of nitrogens with zero attached hydrogens (tertiary/aromatic N) is 2. The Hall–Kier alpha value is -1.27. The molecule has 0 fully saturated rings. The van der Waals surface area contributed by atoms with E-state index in [2.05, 4.69) is 26.8 Å². The second-order valence-electron chi connectivity index (χ2n) is 3.92. The third-order valence-corrected chi connectivity index (χ3v) is 3.28. The molecule has 1 aliphatic carbocycles. The summed E-state index contributed by atoms with van der Waals surface area (Å²) in [6.07, 6.45) is 6.88. The first-order valence-corrected chi connectivity index (χ1v) is 6.34. The SMILES string of the molecule is COCc1nsc(NC(=O)[C@H]2CC=CCC2)n1. The topological polar surface area (TPSA) is 64.1 Å². The largest absolute Gasteiger partial charge is 0.377 e. The lowest BCUT2D eigenvalue weighted by Crippen LogP contribution is -2.23. The summed E-state index contributed by atoms with van der Waals surface area (Å²) in [5, 5.41) is 3.36. The van der Waals surface area contributed by atoms with Gasteiger partial charge in [0, 0.05) is 24.6 Å². The lowest BCUT2D eigenvalue weighted by Gasteiger charge is -2.15. The normalized spacial score (nSPS) is 19.2. The molecule has 1 heterocycles. The van der Waals surface area contributed by atoms with Crippen molar-refractivity contribution in [2.45, 2.75) is 25.9 Å². The van der Waals surface area contributed by atoms with Crippen molar-refractivity contribution >= 4 is 22.6 Å². The molecule has 0 bridgehead atoms. The second kappa shape index (κ2) is 5.88. The molecule has 6 heteroatoms. The van der Waals surface area contributed by atoms with E-state index < -0.39 is 0 Å². The molecular weight excluding hydrogens is 238 g/mol. The van der Waals surface area contributed by atoms with Crippen LogP contribution >= 0.6 is 11.5 Å². The van der Waals surface area contributed by atoms with Crippen LogP contribution in [0.1, 0.15) is 25.1 Å². The summed E-state index contributed by atoms with van der Waals surface area (Å²) in [6, 6.07) is 0. The maximum Gasteiger partial charge on any atom is 0.229 e. The molecular formula is C11H15N3O2S. The van der Waals surface area contributed by atoms with E-state index in [1.54, 1.807) is 7.11 Å². The molecule has 1 aliphatic rings. The number of rotatable bonds is 4. The fraction of sp³-hybridized carbons (Fsp3) is 0.545. The molecule has 1 aromatic heterocycles. The van der Waals surface area contributed by atoms with Crippen LogP contribution in [0, 0.1) is 5.92 Å². The van der Waals surface area contributed by atoms with Gasteiger partial charge in [0.2, 0.25) is 11.0 Å². The second-order valence-corrected chi connectivity index (χ2v) is 4.67. The Balaban J connectivity index is 1.90. The van der Waals surface area contributed by atoms with E-state index in [-0.39, 0.29) is 11.8 Å². The van der Waals surface area contributed by atoms with Crippen LogP contribution in [0.4, 0.5) is 5.13 Å². The van der Waals surface area contributed by atoms with Crippen LogP contribution in [-0.4, -0.2) is 22.4 Å². The van der Waals surface area contributed by atoms with E-state index in [9.17, 15) is 4.79 Å². The zero-order valence-electron chi connectivity index (χ0n) is 9.68. The Morgan fingerprint density at radius 2 is 2.53 bits per heavy atom. The van der Waals surface area contributed by atoms with Gasteiger partial charge in [0.1, 0.15) is 6.61 Å². The Bertz CT molecular complexity index is 417. The minimum absolute atomic E-state index is 0.0365. The molecule has 1 N–H and O–H groups in total. The van der Waals surface area contributed by atoms with Crippen LogP contribution < -0.4 is 5.32 Å². The summed E-state index contributed by atoms with van der Waals surface area (Å²) in [5.41, 5.74) is 0. The number of hydrogen-bond acceptors (Lipinski definition) is 5. The van der Waals surface area contributed by atoms with Crippen LogP contribution in [0.2, 0.25) is 0 Å². The Morgan fingerprint density at radius 1 is 1.65 bits per heavy atom. The number of ether oxygens (including phenoxy) is 1. The zero-order chi connectivity index (χ0) is 12.1. The summed E-state index contributed by atoms with van der Waals surface area (Å²) in [5.74, 6) is 0.709.